The van der Waals surface area contributed by atoms with E-state index in [4.69, 9.17) is 22.4 Å². The van der Waals surface area contributed by atoms with Gasteiger partial charge in [0.15, 0.2) is 0 Å². The van der Waals surface area contributed by atoms with Crippen LogP contribution >= 0.6 is 23.4 Å². The normalized spacial score (nSPS) is 10.3. The van der Waals surface area contributed by atoms with E-state index < -0.39 is 11.9 Å². The van der Waals surface area contributed by atoms with E-state index in [1.165, 1.54) is 30.1 Å². The Kier molecular flexibility index (Phi) is 4.82. The Balaban J connectivity index is 2.11. The van der Waals surface area contributed by atoms with E-state index in [9.17, 15) is 9.59 Å². The smallest absolute Gasteiger partial charge is 0.354 e. The predicted molar refractivity (Wildman–Crippen MR) is 80.7 cm³/mol. The number of nitrogens with two attached hydrogens (primary N) is 1. The third kappa shape index (κ3) is 3.96. The Morgan fingerprint density at radius 2 is 2.05 bits per heavy atom. The number of thioether (sulfide) groups is 1. The van der Waals surface area contributed by atoms with E-state index in [0.29, 0.717) is 16.3 Å². The number of halogens is 1. The van der Waals surface area contributed by atoms with Gasteiger partial charge in [-0.15, -0.1) is 11.8 Å². The highest BCUT2D eigenvalue weighted by molar-refractivity contribution is 7.98. The van der Waals surface area contributed by atoms with Gasteiger partial charge in [0.2, 0.25) is 5.91 Å². The lowest BCUT2D eigenvalue weighted by Crippen LogP contribution is -2.10. The van der Waals surface area contributed by atoms with Crippen LogP contribution in [-0.4, -0.2) is 22.0 Å². The number of carboxylic acid groups (broad SMARTS) is 1. The second-order valence-corrected chi connectivity index (χ2v) is 5.60. The van der Waals surface area contributed by atoms with Gasteiger partial charge in [-0.2, -0.15) is 0 Å². The first-order chi connectivity index (χ1) is 9.97. The van der Waals surface area contributed by atoms with E-state index in [0.717, 1.165) is 10.5 Å². The molecule has 3 N–H and O–H groups in total. The maximum Gasteiger partial charge on any atom is 0.354 e. The van der Waals surface area contributed by atoms with Crippen LogP contribution in [0.4, 0.5) is 0 Å². The largest absolute Gasteiger partial charge is 0.477 e. The summed E-state index contributed by atoms with van der Waals surface area (Å²) in [7, 11) is 0. The maximum absolute atomic E-state index is 11.0. The van der Waals surface area contributed by atoms with Gasteiger partial charge in [0, 0.05) is 27.4 Å². The summed E-state index contributed by atoms with van der Waals surface area (Å²) in [6.07, 6.45) is 1.45. The van der Waals surface area contributed by atoms with Crippen LogP contribution in [0.5, 0.6) is 0 Å². The second-order valence-electron chi connectivity index (χ2n) is 4.14. The van der Waals surface area contributed by atoms with Crippen molar-refractivity contribution < 1.29 is 14.7 Å². The topological polar surface area (TPSA) is 93.3 Å². The molecule has 21 heavy (non-hydrogen) atoms. The molecule has 0 unspecified atom stereocenters. The molecule has 1 aromatic heterocycles. The van der Waals surface area contributed by atoms with Crippen molar-refractivity contribution in [2.75, 3.05) is 0 Å². The summed E-state index contributed by atoms with van der Waals surface area (Å²) in [4.78, 5) is 26.4. The highest BCUT2D eigenvalue weighted by Crippen LogP contribution is 2.27. The third-order valence-corrected chi connectivity index (χ3v) is 4.08. The lowest BCUT2D eigenvalue weighted by atomic mass is 10.1. The van der Waals surface area contributed by atoms with Gasteiger partial charge in [-0.05, 0) is 29.8 Å². The molecule has 0 bridgehead atoms. The number of rotatable bonds is 5. The number of carbonyl (C=O) groups is 2. The number of primary amides is 1. The minimum absolute atomic E-state index is 0.00447. The quantitative estimate of drug-likeness (QED) is 0.826. The van der Waals surface area contributed by atoms with Gasteiger partial charge in [-0.25, -0.2) is 9.78 Å². The van der Waals surface area contributed by atoms with E-state index in [-0.39, 0.29) is 5.69 Å². The van der Waals surface area contributed by atoms with Crippen molar-refractivity contribution in [3.63, 3.8) is 0 Å². The van der Waals surface area contributed by atoms with Crippen LogP contribution in [0.15, 0.2) is 41.4 Å². The molecule has 0 fully saturated rings. The van der Waals surface area contributed by atoms with Crippen LogP contribution in [0.25, 0.3) is 0 Å². The molecule has 0 saturated carbocycles. The second kappa shape index (κ2) is 6.60. The van der Waals surface area contributed by atoms with E-state index >= 15 is 0 Å². The van der Waals surface area contributed by atoms with Crippen LogP contribution < -0.4 is 5.73 Å². The third-order valence-electron chi connectivity index (χ3n) is 2.68. The van der Waals surface area contributed by atoms with Gasteiger partial charge in [-0.1, -0.05) is 17.7 Å². The van der Waals surface area contributed by atoms with Gasteiger partial charge < -0.3 is 10.8 Å². The van der Waals surface area contributed by atoms with Gasteiger partial charge in [0.05, 0.1) is 0 Å². The van der Waals surface area contributed by atoms with Gasteiger partial charge in [-0.3, -0.25) is 4.79 Å². The number of aromatic nitrogens is 1. The Bertz CT molecular complexity index is 706. The molecule has 2 rings (SSSR count). The molecule has 2 aromatic rings. The lowest BCUT2D eigenvalue weighted by Gasteiger charge is -2.06. The van der Waals surface area contributed by atoms with Crippen LogP contribution in [0, 0.1) is 0 Å². The summed E-state index contributed by atoms with van der Waals surface area (Å²) >= 11 is 7.52. The molecule has 7 heteroatoms. The van der Waals surface area contributed by atoms with E-state index in [2.05, 4.69) is 4.98 Å². The summed E-state index contributed by atoms with van der Waals surface area (Å²) in [6.45, 7) is 0. The molecule has 1 aromatic carbocycles. The fourth-order valence-electron chi connectivity index (χ4n) is 1.60. The lowest BCUT2D eigenvalue weighted by molar-refractivity contribution is 0.0690. The monoisotopic (exact) mass is 322 g/mol. The minimum atomic E-state index is -1.07. The number of hydrogen-bond acceptors (Lipinski definition) is 4. The summed E-state index contributed by atoms with van der Waals surface area (Å²) in [5, 5.41) is 9.33. The minimum Gasteiger partial charge on any atom is -0.477 e. The Morgan fingerprint density at radius 3 is 2.67 bits per heavy atom. The van der Waals surface area contributed by atoms with Gasteiger partial charge >= 0.3 is 5.97 Å². The molecule has 0 aliphatic heterocycles. The Morgan fingerprint density at radius 1 is 1.29 bits per heavy atom. The molecule has 5 nitrogen and oxygen atoms in total. The standard InChI is InChI=1S/C14H11ClN2O3S/c15-11-5-8(13(16)18)1-2-9(11)7-21-10-3-4-17-12(6-10)14(19)20/h1-6H,7H2,(H2,16,18)(H,19,20). The summed E-state index contributed by atoms with van der Waals surface area (Å²) in [6, 6.07) is 8.09. The van der Waals surface area contributed by atoms with Gasteiger partial charge in [0.1, 0.15) is 5.69 Å². The number of carbonyl (C=O) groups excluding carboxylic acids is 1. The number of nitrogens with zero attached hydrogens (tertiary/aromatic N) is 1. The van der Waals surface area contributed by atoms with Crippen molar-refractivity contribution in [3.05, 3.63) is 58.4 Å². The van der Waals surface area contributed by atoms with Crippen molar-refractivity contribution in [2.45, 2.75) is 10.6 Å². The first-order valence-electron chi connectivity index (χ1n) is 5.88. The van der Waals surface area contributed by atoms with Gasteiger partial charge in [0.25, 0.3) is 0 Å². The average Bonchev–Trinajstić information content (AvgIpc) is 2.46. The fourth-order valence-corrected chi connectivity index (χ4v) is 2.85. The molecule has 1 heterocycles. The van der Waals surface area contributed by atoms with Crippen molar-refractivity contribution in [3.8, 4) is 0 Å². The first-order valence-corrected chi connectivity index (χ1v) is 7.24. The molecule has 0 radical (unpaired) electrons. The van der Waals surface area contributed by atoms with Crippen LogP contribution in [0.1, 0.15) is 26.4 Å². The Labute approximate surface area is 130 Å². The van der Waals surface area contributed by atoms with Crippen LogP contribution in [0.3, 0.4) is 0 Å². The number of benzene rings is 1. The molecule has 0 spiro atoms. The van der Waals surface area contributed by atoms with E-state index in [1.54, 1.807) is 18.2 Å². The SMILES string of the molecule is NC(=O)c1ccc(CSc2ccnc(C(=O)O)c2)c(Cl)c1. The number of carboxylic acids is 1. The number of pyridine rings is 1. The van der Waals surface area contributed by atoms with Crippen molar-refractivity contribution in [1.82, 2.24) is 4.98 Å². The molecule has 1 amide bonds. The molecule has 0 saturated heterocycles. The number of hydrogen-bond donors (Lipinski definition) is 2. The van der Waals surface area contributed by atoms with E-state index in [1.807, 2.05) is 0 Å². The van der Waals surface area contributed by atoms with Crippen LogP contribution in [0.2, 0.25) is 5.02 Å². The van der Waals surface area contributed by atoms with Crippen molar-refractivity contribution in [2.24, 2.45) is 5.73 Å². The molecule has 108 valence electrons. The highest BCUT2D eigenvalue weighted by Gasteiger charge is 2.08. The Hall–Kier alpha value is -2.05. The molecular formula is C14H11ClN2O3S. The molecule has 0 aliphatic rings. The predicted octanol–water partition coefficient (Wildman–Crippen LogP) is 2.82. The highest BCUT2D eigenvalue weighted by atomic mass is 35.5. The number of amides is 1. The summed E-state index contributed by atoms with van der Waals surface area (Å²) in [5.41, 5.74) is 6.36. The van der Waals surface area contributed by atoms with Crippen molar-refractivity contribution in [1.29, 1.82) is 0 Å². The van der Waals surface area contributed by atoms with Crippen molar-refractivity contribution >= 4 is 35.2 Å². The zero-order chi connectivity index (χ0) is 15.4. The summed E-state index contributed by atoms with van der Waals surface area (Å²) < 4.78 is 0. The number of aromatic carboxylic acids is 1. The maximum atomic E-state index is 11.0. The first kappa shape index (κ1) is 15.3. The molecule has 0 atom stereocenters. The average molecular weight is 323 g/mol. The van der Waals surface area contributed by atoms with Crippen LogP contribution in [-0.2, 0) is 5.75 Å². The summed E-state index contributed by atoms with van der Waals surface area (Å²) in [5.74, 6) is -1.06. The molecular weight excluding hydrogens is 312 g/mol. The molecule has 0 aliphatic carbocycles. The zero-order valence-corrected chi connectivity index (χ0v) is 12.3. The fraction of sp³-hybridized carbons (Fsp3) is 0.0714. The zero-order valence-electron chi connectivity index (χ0n) is 10.7.